The number of esters is 1. The summed E-state index contributed by atoms with van der Waals surface area (Å²) in [5.74, 6) is -0.302. The van der Waals surface area contributed by atoms with Crippen molar-refractivity contribution in [3.63, 3.8) is 0 Å². The predicted octanol–water partition coefficient (Wildman–Crippen LogP) is 1.37. The molecule has 1 unspecified atom stereocenters. The van der Waals surface area contributed by atoms with Gasteiger partial charge in [0.15, 0.2) is 0 Å². The summed E-state index contributed by atoms with van der Waals surface area (Å²) in [7, 11) is 4.02. The molecule has 0 N–H and O–H groups in total. The van der Waals surface area contributed by atoms with Crippen molar-refractivity contribution >= 4 is 26.7 Å². The van der Waals surface area contributed by atoms with Crippen molar-refractivity contribution in [1.82, 2.24) is 0 Å². The Bertz CT molecular complexity index is 213. The van der Waals surface area contributed by atoms with Gasteiger partial charge < -0.3 is 4.74 Å². The van der Waals surface area contributed by atoms with Crippen LogP contribution >= 0.6 is 10.7 Å². The molecule has 12 heavy (non-hydrogen) atoms. The molecule has 1 aliphatic rings. The van der Waals surface area contributed by atoms with Crippen LogP contribution in [-0.4, -0.2) is 21.5 Å². The van der Waals surface area contributed by atoms with Crippen LogP contribution in [0.5, 0.6) is 0 Å². The van der Waals surface area contributed by atoms with E-state index in [0.717, 1.165) is 12.8 Å². The lowest BCUT2D eigenvalue weighted by atomic mass is 10.3. The molecular weight excluding hydrogens is 200 g/mol. The van der Waals surface area contributed by atoms with E-state index in [9.17, 15) is 9.00 Å². The smallest absolute Gasteiger partial charge is 0.307 e. The summed E-state index contributed by atoms with van der Waals surface area (Å²) >= 11 is 0. The van der Waals surface area contributed by atoms with Gasteiger partial charge in [-0.2, -0.15) is 0 Å². The van der Waals surface area contributed by atoms with Crippen LogP contribution in [0.1, 0.15) is 26.2 Å². The van der Waals surface area contributed by atoms with Gasteiger partial charge in [0.05, 0.1) is 17.8 Å². The third kappa shape index (κ3) is 2.20. The molecule has 0 aromatic heterocycles. The number of ether oxygens (including phenoxy) is 1. The molecule has 3 nitrogen and oxygen atoms in total. The fourth-order valence-corrected chi connectivity index (χ4v) is 2.29. The molecule has 0 bridgehead atoms. The topological polar surface area (TPSA) is 43.4 Å². The monoisotopic (exact) mass is 210 g/mol. The summed E-state index contributed by atoms with van der Waals surface area (Å²) in [6.07, 6.45) is 1.72. The maximum atomic E-state index is 11.0. The SMILES string of the molecule is CCOC(=O)CC1(S(=O)Cl)CC1. The molecule has 0 aromatic rings. The Morgan fingerprint density at radius 2 is 2.25 bits per heavy atom. The molecule has 70 valence electrons. The zero-order valence-electron chi connectivity index (χ0n) is 6.84. The minimum Gasteiger partial charge on any atom is -0.466 e. The quantitative estimate of drug-likeness (QED) is 0.520. The molecule has 0 heterocycles. The van der Waals surface area contributed by atoms with Crippen LogP contribution in [-0.2, 0) is 19.5 Å². The van der Waals surface area contributed by atoms with Crippen molar-refractivity contribution in [3.05, 3.63) is 0 Å². The zero-order chi connectivity index (χ0) is 9.19. The van der Waals surface area contributed by atoms with E-state index in [2.05, 4.69) is 0 Å². The number of carbonyl (C=O) groups is 1. The van der Waals surface area contributed by atoms with Crippen LogP contribution in [0.4, 0.5) is 0 Å². The predicted molar refractivity (Wildman–Crippen MR) is 47.2 cm³/mol. The average Bonchev–Trinajstić information content (AvgIpc) is 2.69. The Kier molecular flexibility index (Phi) is 3.12. The maximum absolute atomic E-state index is 11.0. The second-order valence-electron chi connectivity index (χ2n) is 2.89. The van der Waals surface area contributed by atoms with Crippen molar-refractivity contribution in [2.45, 2.75) is 30.9 Å². The highest BCUT2D eigenvalue weighted by Gasteiger charge is 2.50. The molecule has 1 rings (SSSR count). The van der Waals surface area contributed by atoms with E-state index in [-0.39, 0.29) is 12.4 Å². The standard InChI is InChI=1S/C7H11ClO3S/c1-2-11-6(9)5-7(3-4-7)12(8)10/h2-5H2,1H3. The first kappa shape index (κ1) is 9.99. The Balaban J connectivity index is 2.40. The van der Waals surface area contributed by atoms with Gasteiger partial charge in [-0.25, -0.2) is 4.21 Å². The van der Waals surface area contributed by atoms with E-state index in [0.29, 0.717) is 6.61 Å². The molecule has 1 saturated carbocycles. The fraction of sp³-hybridized carbons (Fsp3) is 0.857. The van der Waals surface area contributed by atoms with Gasteiger partial charge in [0.2, 0.25) is 0 Å². The minimum absolute atomic E-state index is 0.191. The molecule has 0 aliphatic heterocycles. The van der Waals surface area contributed by atoms with Crippen molar-refractivity contribution in [3.8, 4) is 0 Å². The Labute approximate surface area is 78.4 Å². The summed E-state index contributed by atoms with van der Waals surface area (Å²) in [6, 6.07) is 0. The van der Waals surface area contributed by atoms with Gasteiger partial charge >= 0.3 is 5.97 Å². The van der Waals surface area contributed by atoms with Gasteiger partial charge in [0.1, 0.15) is 10.0 Å². The molecule has 1 atom stereocenters. The highest BCUT2D eigenvalue weighted by atomic mass is 35.7. The van der Waals surface area contributed by atoms with Crippen LogP contribution in [0.3, 0.4) is 0 Å². The van der Waals surface area contributed by atoms with E-state index in [1.54, 1.807) is 6.92 Å². The Hall–Kier alpha value is -0.0900. The van der Waals surface area contributed by atoms with Crippen molar-refractivity contribution in [1.29, 1.82) is 0 Å². The first-order valence-electron chi connectivity index (χ1n) is 3.84. The highest BCUT2D eigenvalue weighted by molar-refractivity contribution is 8.09. The summed E-state index contributed by atoms with van der Waals surface area (Å²) in [5.41, 5.74) is 0. The number of rotatable bonds is 4. The lowest BCUT2D eigenvalue weighted by Gasteiger charge is -2.08. The molecule has 5 heteroatoms. The van der Waals surface area contributed by atoms with E-state index in [1.807, 2.05) is 0 Å². The van der Waals surface area contributed by atoms with Gasteiger partial charge in [0.25, 0.3) is 0 Å². The molecule has 0 spiro atoms. The van der Waals surface area contributed by atoms with E-state index >= 15 is 0 Å². The van der Waals surface area contributed by atoms with Crippen LogP contribution in [0.25, 0.3) is 0 Å². The highest BCUT2D eigenvalue weighted by Crippen LogP contribution is 2.46. The maximum Gasteiger partial charge on any atom is 0.307 e. The first-order valence-corrected chi connectivity index (χ1v) is 5.82. The van der Waals surface area contributed by atoms with E-state index < -0.39 is 14.8 Å². The second-order valence-corrected chi connectivity index (χ2v) is 5.04. The normalized spacial score (nSPS) is 21.5. The van der Waals surface area contributed by atoms with Gasteiger partial charge in [0, 0.05) is 0 Å². The van der Waals surface area contributed by atoms with Crippen LogP contribution < -0.4 is 0 Å². The molecular formula is C7H11ClO3S. The number of carbonyl (C=O) groups excluding carboxylic acids is 1. The zero-order valence-corrected chi connectivity index (χ0v) is 8.41. The van der Waals surface area contributed by atoms with Crippen LogP contribution in [0.15, 0.2) is 0 Å². The van der Waals surface area contributed by atoms with Crippen molar-refractivity contribution in [2.75, 3.05) is 6.61 Å². The van der Waals surface area contributed by atoms with Gasteiger partial charge in [-0.3, -0.25) is 4.79 Å². The summed E-state index contributed by atoms with van der Waals surface area (Å²) < 4.78 is 15.2. The van der Waals surface area contributed by atoms with Crippen LogP contribution in [0.2, 0.25) is 0 Å². The van der Waals surface area contributed by atoms with E-state index in [1.165, 1.54) is 0 Å². The van der Waals surface area contributed by atoms with Crippen molar-refractivity contribution in [2.24, 2.45) is 0 Å². The number of hydrogen-bond donors (Lipinski definition) is 0. The van der Waals surface area contributed by atoms with Crippen molar-refractivity contribution < 1.29 is 13.7 Å². The molecule has 0 radical (unpaired) electrons. The lowest BCUT2D eigenvalue weighted by Crippen LogP contribution is -2.19. The average molecular weight is 211 g/mol. The van der Waals surface area contributed by atoms with Crippen LogP contribution in [0, 0.1) is 0 Å². The van der Waals surface area contributed by atoms with Gasteiger partial charge in [-0.15, -0.1) is 0 Å². The summed E-state index contributed by atoms with van der Waals surface area (Å²) in [6.45, 7) is 2.11. The lowest BCUT2D eigenvalue weighted by molar-refractivity contribution is -0.143. The molecule has 1 aliphatic carbocycles. The largest absolute Gasteiger partial charge is 0.466 e. The molecule has 1 fully saturated rings. The first-order chi connectivity index (χ1) is 5.60. The third-order valence-corrected chi connectivity index (χ3v) is 4.14. The summed E-state index contributed by atoms with van der Waals surface area (Å²) in [4.78, 5) is 11.0. The molecule has 0 saturated heterocycles. The third-order valence-electron chi connectivity index (χ3n) is 1.92. The van der Waals surface area contributed by atoms with E-state index in [4.69, 9.17) is 15.4 Å². The minimum atomic E-state index is -1.42. The second kappa shape index (κ2) is 3.75. The Morgan fingerprint density at radius 3 is 2.58 bits per heavy atom. The summed E-state index contributed by atoms with van der Waals surface area (Å²) in [5, 5.41) is 0. The van der Waals surface area contributed by atoms with Gasteiger partial charge in [-0.05, 0) is 30.4 Å². The molecule has 0 amide bonds. The fourth-order valence-electron chi connectivity index (χ4n) is 1.01. The molecule has 0 aromatic carbocycles. The Morgan fingerprint density at radius 1 is 1.67 bits per heavy atom. The number of halogens is 1. The number of hydrogen-bond acceptors (Lipinski definition) is 3. The van der Waals surface area contributed by atoms with Gasteiger partial charge in [-0.1, -0.05) is 0 Å².